The van der Waals surface area contributed by atoms with Crippen molar-refractivity contribution in [3.05, 3.63) is 121 Å². The number of sulfonamides is 1. The molecule has 4 aromatic heterocycles. The van der Waals surface area contributed by atoms with Gasteiger partial charge in [-0.15, -0.1) is 0 Å². The second kappa shape index (κ2) is 16.6. The number of nitrogens with one attached hydrogen (secondary N) is 2. The van der Waals surface area contributed by atoms with Crippen LogP contribution in [-0.4, -0.2) is 65.1 Å². The number of carbonyl (C=O) groups excluding carboxylic acids is 1. The highest BCUT2D eigenvalue weighted by Crippen LogP contribution is 2.68. The van der Waals surface area contributed by atoms with Gasteiger partial charge in [-0.25, -0.2) is 49.7 Å². The van der Waals surface area contributed by atoms with Crippen LogP contribution in [-0.2, 0) is 40.3 Å². The maximum Gasteiger partial charge on any atom is 0.293 e. The molecule has 69 heavy (non-hydrogen) atoms. The number of fused-ring (bicyclic) bond motifs is 5. The first kappa shape index (κ1) is 46.2. The van der Waals surface area contributed by atoms with Crippen molar-refractivity contribution in [2.75, 3.05) is 4.72 Å². The summed E-state index contributed by atoms with van der Waals surface area (Å²) in [7, 11) is -4.10. The van der Waals surface area contributed by atoms with Crippen molar-refractivity contribution in [3.8, 4) is 16.9 Å². The van der Waals surface area contributed by atoms with E-state index in [1.807, 2.05) is 0 Å². The van der Waals surface area contributed by atoms with E-state index in [2.05, 4.69) is 30.2 Å². The first-order valence-corrected chi connectivity index (χ1v) is 23.4. The minimum atomic E-state index is -4.10. The van der Waals surface area contributed by atoms with Gasteiger partial charge < -0.3 is 5.32 Å². The van der Waals surface area contributed by atoms with Gasteiger partial charge >= 0.3 is 0 Å². The first-order valence-electron chi connectivity index (χ1n) is 21.5. The van der Waals surface area contributed by atoms with Gasteiger partial charge in [-0.2, -0.15) is 19.0 Å². The number of carbonyl (C=O) groups is 1. The molecule has 3 aliphatic carbocycles. The van der Waals surface area contributed by atoms with Crippen molar-refractivity contribution < 1.29 is 48.3 Å². The highest BCUT2D eigenvalue weighted by molar-refractivity contribution is 7.93. The van der Waals surface area contributed by atoms with Crippen molar-refractivity contribution in [1.29, 1.82) is 0 Å². The van der Waals surface area contributed by atoms with Crippen LogP contribution in [0.3, 0.4) is 0 Å². The summed E-state index contributed by atoms with van der Waals surface area (Å²) < 4.78 is 149. The van der Waals surface area contributed by atoms with E-state index in [4.69, 9.17) is 16.6 Å². The number of aromatic nitrogens is 8. The van der Waals surface area contributed by atoms with Crippen LogP contribution in [0.2, 0.25) is 5.02 Å². The summed E-state index contributed by atoms with van der Waals surface area (Å²) in [6.45, 7) is 3.02. The van der Waals surface area contributed by atoms with E-state index >= 15 is 13.6 Å². The van der Waals surface area contributed by atoms with Gasteiger partial charge in [-0.05, 0) is 93.5 Å². The maximum absolute atomic E-state index is 15.6. The molecular weight excluding hydrogens is 964 g/mol. The number of aryl methyl sites for hydroxylation is 2. The monoisotopic (exact) mass is 1000 g/mol. The number of rotatable bonds is 14. The summed E-state index contributed by atoms with van der Waals surface area (Å²) >= 11 is 6.69. The Morgan fingerprint density at radius 3 is 2.35 bits per heavy atom. The average molecular weight is 1000 g/mol. The molecule has 7 aromatic rings. The van der Waals surface area contributed by atoms with Crippen molar-refractivity contribution in [2.45, 2.75) is 95.5 Å². The second-order valence-electron chi connectivity index (χ2n) is 17.5. The summed E-state index contributed by atoms with van der Waals surface area (Å²) in [5.41, 5.74) is -1.46. The van der Waals surface area contributed by atoms with Crippen molar-refractivity contribution in [2.24, 2.45) is 5.92 Å². The topological polar surface area (TPSA) is 172 Å². The molecule has 4 heterocycles. The Bertz CT molecular complexity index is 3470. The summed E-state index contributed by atoms with van der Waals surface area (Å²) in [4.78, 5) is 43.4. The molecule has 3 aromatic carbocycles. The van der Waals surface area contributed by atoms with E-state index in [1.54, 1.807) is 26.8 Å². The van der Waals surface area contributed by atoms with E-state index in [0.29, 0.717) is 51.9 Å². The lowest BCUT2D eigenvalue weighted by atomic mass is 10.0. The van der Waals surface area contributed by atoms with Crippen LogP contribution in [0.5, 0.6) is 0 Å². The van der Waals surface area contributed by atoms with E-state index in [1.165, 1.54) is 24.3 Å². The fourth-order valence-electron chi connectivity index (χ4n) is 9.37. The standard InChI is InChI=1S/C45H37ClF8N10O4S/c1-18-19(2)55-20(3)56-37(18)22-4-7-26-30(13-22)58-43(64(44(26)66)32-9-8-29(46)36-39(32)62(16-33(49)50)60-42(36)61-69(67,68)25-5-6-25)31(12-21-10-23(47)14-24(48)11-21)57-34(65)17-63-40-35(38(59-63)41(51)52)27-15-28(27)45(40,53)54/h4,7-11,13-14,25,27-28,31,33,41H,5-6,12,15-17H2,1-3H3,(H,57,65)(H,60,61)/t27-,28+,31-/m0/s1. The fraction of sp³-hybridized carbons (Fsp3) is 0.356. The van der Waals surface area contributed by atoms with Crippen LogP contribution in [0.25, 0.3) is 38.8 Å². The molecule has 1 amide bonds. The third-order valence-electron chi connectivity index (χ3n) is 12.7. The summed E-state index contributed by atoms with van der Waals surface area (Å²) in [6, 6.07) is 7.74. The molecule has 0 bridgehead atoms. The van der Waals surface area contributed by atoms with Gasteiger partial charge in [0, 0.05) is 35.2 Å². The third kappa shape index (κ3) is 8.15. The highest BCUT2D eigenvalue weighted by atomic mass is 35.5. The van der Waals surface area contributed by atoms with Crippen LogP contribution in [0.4, 0.5) is 40.9 Å². The Hall–Kier alpha value is -6.49. The van der Waals surface area contributed by atoms with Gasteiger partial charge in [0.1, 0.15) is 47.8 Å². The summed E-state index contributed by atoms with van der Waals surface area (Å²) in [5, 5.41) is 9.27. The molecule has 3 atom stereocenters. The SMILES string of the molecule is Cc1nc(C)c(C)c(-c2ccc3c(=O)n(-c4ccc(Cl)c5c(NS(=O)(=O)C6CC6)nn(CC(F)F)c45)c([C@H](Cc4cc(F)cc(F)c4)NC(=O)Cn4nc(C(F)F)c5c4C(F)(F)[C@@H]4C[C@H]54)nc3c2)n1. The van der Waals surface area contributed by atoms with E-state index < -0.39 is 118 Å². The third-order valence-corrected chi connectivity index (χ3v) is 14.9. The normalized spacial score (nSPS) is 17.8. The minimum absolute atomic E-state index is 0.0312. The summed E-state index contributed by atoms with van der Waals surface area (Å²) in [5.74, 6) is -9.41. The van der Waals surface area contributed by atoms with Crippen molar-refractivity contribution in [1.82, 2.24) is 44.4 Å². The number of hydrogen-bond donors (Lipinski definition) is 2. The van der Waals surface area contributed by atoms with Crippen LogP contribution < -0.4 is 15.6 Å². The molecule has 2 saturated carbocycles. The van der Waals surface area contributed by atoms with E-state index in [-0.39, 0.29) is 50.1 Å². The Morgan fingerprint density at radius 1 is 0.942 bits per heavy atom. The minimum Gasteiger partial charge on any atom is -0.344 e. The zero-order chi connectivity index (χ0) is 49.2. The first-order chi connectivity index (χ1) is 32.6. The van der Waals surface area contributed by atoms with Crippen molar-refractivity contribution >= 4 is 55.2 Å². The van der Waals surface area contributed by atoms with Crippen LogP contribution in [0.15, 0.2) is 53.3 Å². The van der Waals surface area contributed by atoms with Crippen LogP contribution in [0, 0.1) is 38.3 Å². The number of halogens is 9. The van der Waals surface area contributed by atoms with Gasteiger partial charge in [0.2, 0.25) is 15.9 Å². The molecule has 360 valence electrons. The van der Waals surface area contributed by atoms with Crippen molar-refractivity contribution in [3.63, 3.8) is 0 Å². The lowest BCUT2D eigenvalue weighted by Gasteiger charge is -2.24. The largest absolute Gasteiger partial charge is 0.344 e. The molecule has 0 aliphatic heterocycles. The number of benzene rings is 3. The van der Waals surface area contributed by atoms with E-state index in [0.717, 1.165) is 21.4 Å². The van der Waals surface area contributed by atoms with Crippen LogP contribution >= 0.6 is 11.6 Å². The Balaban J connectivity index is 1.21. The van der Waals surface area contributed by atoms with Gasteiger partial charge in [-0.1, -0.05) is 17.7 Å². The number of amides is 1. The number of anilines is 1. The molecule has 2 N–H and O–H groups in total. The molecule has 24 heteroatoms. The molecule has 14 nitrogen and oxygen atoms in total. The number of alkyl halides is 6. The molecule has 2 fully saturated rings. The second-order valence-corrected chi connectivity index (χ2v) is 19.9. The predicted octanol–water partition coefficient (Wildman–Crippen LogP) is 8.66. The molecule has 0 radical (unpaired) electrons. The van der Waals surface area contributed by atoms with E-state index in [9.17, 15) is 39.6 Å². The number of nitrogens with zero attached hydrogens (tertiary/aromatic N) is 8. The quantitative estimate of drug-likeness (QED) is 0.101. The molecule has 0 saturated heterocycles. The molecule has 10 rings (SSSR count). The predicted molar refractivity (Wildman–Crippen MR) is 235 cm³/mol. The van der Waals surface area contributed by atoms with Crippen LogP contribution in [0.1, 0.15) is 83.1 Å². The van der Waals surface area contributed by atoms with Gasteiger partial charge in [0.15, 0.2) is 5.82 Å². The smallest absolute Gasteiger partial charge is 0.293 e. The zero-order valence-electron chi connectivity index (χ0n) is 36.3. The Labute approximate surface area is 390 Å². The van der Waals surface area contributed by atoms with Gasteiger partial charge in [0.25, 0.3) is 24.3 Å². The Kier molecular flexibility index (Phi) is 11.1. The maximum atomic E-state index is 15.6. The Morgan fingerprint density at radius 2 is 1.67 bits per heavy atom. The molecule has 3 aliphatic rings. The molecular formula is C45H37ClF8N10O4S. The zero-order valence-corrected chi connectivity index (χ0v) is 37.9. The average Bonchev–Trinajstić information content (AvgIpc) is 4.19. The highest BCUT2D eigenvalue weighted by Gasteiger charge is 2.67. The van der Waals surface area contributed by atoms with Gasteiger partial charge in [0.05, 0.1) is 49.5 Å². The van der Waals surface area contributed by atoms with Gasteiger partial charge in [-0.3, -0.25) is 28.2 Å². The fourth-order valence-corrected chi connectivity index (χ4v) is 10.9. The lowest BCUT2D eigenvalue weighted by Crippen LogP contribution is -2.38. The molecule has 0 unspecified atom stereocenters. The number of hydrogen-bond acceptors (Lipinski definition) is 9. The molecule has 0 spiro atoms. The lowest BCUT2D eigenvalue weighted by molar-refractivity contribution is -0.123. The summed E-state index contributed by atoms with van der Waals surface area (Å²) in [6.07, 6.45) is -6.34.